The van der Waals surface area contributed by atoms with Crippen LogP contribution in [0.5, 0.6) is 5.75 Å². The zero-order valence-corrected chi connectivity index (χ0v) is 26.6. The molecule has 3 aromatic rings. The highest BCUT2D eigenvalue weighted by Crippen LogP contribution is 2.30. The Balaban J connectivity index is 1.90. The number of carbonyl (C=O) groups excluding carboxylic acids is 2. The Morgan fingerprint density at radius 2 is 1.70 bits per heavy atom. The van der Waals surface area contributed by atoms with Gasteiger partial charge in [0, 0.05) is 18.4 Å². The van der Waals surface area contributed by atoms with Crippen LogP contribution in [0.2, 0.25) is 5.15 Å². The van der Waals surface area contributed by atoms with Crippen molar-refractivity contribution in [2.24, 2.45) is 0 Å². The number of methoxy groups -OCH3 is 1. The van der Waals surface area contributed by atoms with Gasteiger partial charge in [-0.05, 0) is 72.2 Å². The van der Waals surface area contributed by atoms with E-state index in [1.54, 1.807) is 58.5 Å². The van der Waals surface area contributed by atoms with Crippen molar-refractivity contribution in [1.29, 1.82) is 0 Å². The maximum Gasteiger partial charge on any atom is 0.420 e. The van der Waals surface area contributed by atoms with Crippen molar-refractivity contribution in [3.05, 3.63) is 52.7 Å². The molecule has 2 amide bonds. The van der Waals surface area contributed by atoms with Crippen LogP contribution in [0.25, 0.3) is 10.9 Å². The summed E-state index contributed by atoms with van der Waals surface area (Å²) in [6.45, 7) is 11.9. The first-order chi connectivity index (χ1) is 20.0. The van der Waals surface area contributed by atoms with Crippen molar-refractivity contribution in [2.75, 3.05) is 20.3 Å². The number of benzene rings is 1. The lowest BCUT2D eigenvalue weighted by molar-refractivity contribution is -0.0273. The Bertz CT molecular complexity index is 1410. The molecule has 43 heavy (non-hydrogen) atoms. The molecule has 0 saturated carbocycles. The van der Waals surface area contributed by atoms with Gasteiger partial charge in [-0.3, -0.25) is 4.68 Å². The van der Waals surface area contributed by atoms with E-state index in [1.807, 2.05) is 6.92 Å². The summed E-state index contributed by atoms with van der Waals surface area (Å²) in [5.41, 5.74) is -0.404. The van der Waals surface area contributed by atoms with Crippen molar-refractivity contribution in [3.63, 3.8) is 0 Å². The van der Waals surface area contributed by atoms with E-state index in [-0.39, 0.29) is 36.1 Å². The Morgan fingerprint density at radius 3 is 2.23 bits per heavy atom. The minimum absolute atomic E-state index is 0.0217. The second-order valence-corrected chi connectivity index (χ2v) is 12.3. The smallest absolute Gasteiger partial charge is 0.420 e. The maximum absolute atomic E-state index is 14.8. The van der Waals surface area contributed by atoms with E-state index < -0.39 is 41.4 Å². The monoisotopic (exact) mass is 622 g/mol. The van der Waals surface area contributed by atoms with E-state index in [1.165, 1.54) is 19.2 Å². The van der Waals surface area contributed by atoms with E-state index in [4.69, 9.17) is 30.5 Å². The molecule has 236 valence electrons. The summed E-state index contributed by atoms with van der Waals surface area (Å²) >= 11 is 6.20. The predicted octanol–water partition coefficient (Wildman–Crippen LogP) is 6.09. The number of amides is 2. The third-order valence-corrected chi connectivity index (χ3v) is 6.22. The predicted molar refractivity (Wildman–Crippen MR) is 159 cm³/mol. The third kappa shape index (κ3) is 9.25. The number of aliphatic hydroxyl groups is 1. The highest BCUT2D eigenvalue weighted by atomic mass is 35.5. The fourth-order valence-corrected chi connectivity index (χ4v) is 4.52. The summed E-state index contributed by atoms with van der Waals surface area (Å²) in [6.07, 6.45) is -1.29. The van der Waals surface area contributed by atoms with Crippen molar-refractivity contribution in [1.82, 2.24) is 19.7 Å². The molecule has 2 atom stereocenters. The van der Waals surface area contributed by atoms with Gasteiger partial charge in [0.2, 0.25) is 0 Å². The second kappa shape index (κ2) is 13.9. The number of rotatable bonds is 10. The van der Waals surface area contributed by atoms with Crippen LogP contribution in [-0.2, 0) is 27.2 Å². The molecule has 3 rings (SSSR count). The van der Waals surface area contributed by atoms with Crippen LogP contribution in [0.3, 0.4) is 0 Å². The quantitative estimate of drug-likeness (QED) is 0.268. The molecule has 0 aliphatic carbocycles. The van der Waals surface area contributed by atoms with Crippen molar-refractivity contribution < 1.29 is 38.0 Å². The second-order valence-electron chi connectivity index (χ2n) is 11.9. The van der Waals surface area contributed by atoms with Crippen molar-refractivity contribution in [3.8, 4) is 5.75 Å². The molecule has 1 aromatic carbocycles. The van der Waals surface area contributed by atoms with Gasteiger partial charge in [0.1, 0.15) is 16.4 Å². The molecule has 0 aliphatic rings. The van der Waals surface area contributed by atoms with Gasteiger partial charge < -0.3 is 24.1 Å². The number of pyridine rings is 1. The average Bonchev–Trinajstić information content (AvgIpc) is 3.29. The number of ether oxygens (including phenoxy) is 4. The topological polar surface area (TPSA) is 125 Å². The van der Waals surface area contributed by atoms with Crippen molar-refractivity contribution in [2.45, 2.75) is 84.8 Å². The van der Waals surface area contributed by atoms with Gasteiger partial charge in [0.25, 0.3) is 0 Å². The number of fused-ring (bicyclic) bond motifs is 1. The summed E-state index contributed by atoms with van der Waals surface area (Å²) in [4.78, 5) is 31.9. The van der Waals surface area contributed by atoms with Crippen LogP contribution in [0, 0.1) is 5.82 Å². The molecule has 0 bridgehead atoms. The normalized spacial score (nSPS) is 13.5. The van der Waals surface area contributed by atoms with E-state index in [0.29, 0.717) is 12.2 Å². The van der Waals surface area contributed by atoms with Crippen LogP contribution >= 0.6 is 11.6 Å². The molecule has 2 heterocycles. The van der Waals surface area contributed by atoms with Crippen LogP contribution in [0.15, 0.2) is 30.5 Å². The number of nitrogens with zero attached hydrogens (tertiary/aromatic N) is 4. The molecular weight excluding hydrogens is 583 g/mol. The van der Waals surface area contributed by atoms with Crippen molar-refractivity contribution >= 4 is 34.7 Å². The first kappa shape index (κ1) is 34.0. The number of aromatic nitrogens is 3. The molecule has 0 fully saturated rings. The SMILES string of the molecule is CCn1ncc2cc(Cl)nc(CC(O)COC[C@H](c3ccc(OC)c(F)c3)N(C(=O)OC(C)(C)C)C(=O)OC(C)(C)C)c21. The van der Waals surface area contributed by atoms with Gasteiger partial charge in [-0.15, -0.1) is 0 Å². The number of aryl methyl sites for hydroxylation is 1. The summed E-state index contributed by atoms with van der Waals surface area (Å²) in [7, 11) is 1.32. The largest absolute Gasteiger partial charge is 0.494 e. The Hall–Kier alpha value is -3.48. The Labute approximate surface area is 255 Å². The minimum Gasteiger partial charge on any atom is -0.494 e. The fraction of sp³-hybridized carbons (Fsp3) is 0.533. The summed E-state index contributed by atoms with van der Waals surface area (Å²) in [5.74, 6) is -0.728. The lowest BCUT2D eigenvalue weighted by Crippen LogP contribution is -2.47. The van der Waals surface area contributed by atoms with Crippen LogP contribution in [0.4, 0.5) is 14.0 Å². The van der Waals surface area contributed by atoms with Gasteiger partial charge in [0.15, 0.2) is 11.6 Å². The van der Waals surface area contributed by atoms with E-state index in [0.717, 1.165) is 21.9 Å². The third-order valence-electron chi connectivity index (χ3n) is 6.02. The zero-order valence-electron chi connectivity index (χ0n) is 25.8. The van der Waals surface area contributed by atoms with E-state index >= 15 is 0 Å². The Morgan fingerprint density at radius 1 is 1.07 bits per heavy atom. The molecule has 1 N–H and O–H groups in total. The molecule has 0 saturated heterocycles. The summed E-state index contributed by atoms with van der Waals surface area (Å²) in [6, 6.07) is 4.54. The molecule has 11 nitrogen and oxygen atoms in total. The molecule has 0 aliphatic heterocycles. The number of carbonyl (C=O) groups is 2. The van der Waals surface area contributed by atoms with Crippen LogP contribution < -0.4 is 4.74 Å². The number of halogens is 2. The molecule has 2 aromatic heterocycles. The average molecular weight is 623 g/mol. The molecule has 1 unspecified atom stereocenters. The van der Waals surface area contributed by atoms with Gasteiger partial charge >= 0.3 is 12.2 Å². The number of imide groups is 1. The van der Waals surface area contributed by atoms with Gasteiger partial charge in [-0.25, -0.2) is 23.9 Å². The summed E-state index contributed by atoms with van der Waals surface area (Å²) < 4.78 is 38.5. The van der Waals surface area contributed by atoms with Gasteiger partial charge in [-0.2, -0.15) is 5.10 Å². The van der Waals surface area contributed by atoms with E-state index in [2.05, 4.69) is 10.1 Å². The van der Waals surface area contributed by atoms with Gasteiger partial charge in [0.05, 0.1) is 49.9 Å². The van der Waals surface area contributed by atoms with E-state index in [9.17, 15) is 19.1 Å². The standard InChI is InChI=1S/C30H40ClFN4O7/c1-9-35-26-19(15-33-35)13-25(31)34-22(26)14-20(37)16-41-17-23(18-10-11-24(40-8)21(32)12-18)36(27(38)42-29(2,3)4)28(39)43-30(5,6)7/h10-13,15,20,23,37H,9,14,16-17H2,1-8H3/t20?,23-/m1/s1. The first-order valence-corrected chi connectivity index (χ1v) is 14.3. The Kier molecular flexibility index (Phi) is 11.0. The minimum atomic E-state index is -1.19. The highest BCUT2D eigenvalue weighted by Gasteiger charge is 2.38. The lowest BCUT2D eigenvalue weighted by atomic mass is 10.1. The number of hydrogen-bond acceptors (Lipinski definition) is 9. The fourth-order valence-electron chi connectivity index (χ4n) is 4.30. The molecule has 0 radical (unpaired) electrons. The number of aliphatic hydroxyl groups excluding tert-OH is 1. The first-order valence-electron chi connectivity index (χ1n) is 13.9. The summed E-state index contributed by atoms with van der Waals surface area (Å²) in [5, 5.41) is 16.3. The lowest BCUT2D eigenvalue weighted by Gasteiger charge is -2.33. The van der Waals surface area contributed by atoms with Crippen LogP contribution in [0.1, 0.15) is 65.8 Å². The highest BCUT2D eigenvalue weighted by molar-refractivity contribution is 6.30. The zero-order chi connectivity index (χ0) is 32.1. The maximum atomic E-state index is 14.8. The van der Waals surface area contributed by atoms with Gasteiger partial charge in [-0.1, -0.05) is 17.7 Å². The van der Waals surface area contributed by atoms with Crippen LogP contribution in [-0.4, -0.2) is 74.6 Å². The molecular formula is C30H40ClFN4O7. The molecule has 0 spiro atoms. The number of hydrogen-bond donors (Lipinski definition) is 1. The molecule has 13 heteroatoms.